The van der Waals surface area contributed by atoms with Gasteiger partial charge in [-0.3, -0.25) is 4.79 Å². The van der Waals surface area contributed by atoms with E-state index >= 15 is 0 Å². The van der Waals surface area contributed by atoms with Crippen LogP contribution in [0.5, 0.6) is 0 Å². The van der Waals surface area contributed by atoms with Gasteiger partial charge in [-0.25, -0.2) is 14.6 Å². The first-order valence-corrected chi connectivity index (χ1v) is 9.97. The topological polar surface area (TPSA) is 68.8 Å². The van der Waals surface area contributed by atoms with Crippen LogP contribution in [0, 0.1) is 5.92 Å². The van der Waals surface area contributed by atoms with Crippen LogP contribution in [0.1, 0.15) is 18.0 Å². The molecule has 5 heterocycles. The maximum atomic E-state index is 12.3. The largest absolute Gasteiger partial charge is 0.355 e. The molecule has 6 rings (SSSR count). The molecular formula is C22H20N6O. The number of hydrogen-bond acceptors (Lipinski definition) is 5. The van der Waals surface area contributed by atoms with Crippen molar-refractivity contribution in [1.29, 1.82) is 0 Å². The van der Waals surface area contributed by atoms with Crippen molar-refractivity contribution in [1.82, 2.24) is 24.3 Å². The van der Waals surface area contributed by atoms with E-state index < -0.39 is 0 Å². The average molecular weight is 384 g/mol. The molecule has 2 bridgehead atoms. The van der Waals surface area contributed by atoms with Gasteiger partial charge in [0.25, 0.3) is 5.56 Å². The summed E-state index contributed by atoms with van der Waals surface area (Å²) in [5, 5.41) is 5.54. The van der Waals surface area contributed by atoms with Crippen LogP contribution >= 0.6 is 0 Å². The Morgan fingerprint density at radius 1 is 0.931 bits per heavy atom. The number of anilines is 1. The van der Waals surface area contributed by atoms with Crippen LogP contribution in [0.2, 0.25) is 0 Å². The molecule has 0 unspecified atom stereocenters. The molecular weight excluding hydrogens is 364 g/mol. The number of nitrogens with zero attached hydrogens (tertiary/aromatic N) is 6. The van der Waals surface area contributed by atoms with E-state index in [2.05, 4.69) is 26.0 Å². The molecule has 0 spiro atoms. The van der Waals surface area contributed by atoms with Gasteiger partial charge in [-0.15, -0.1) is 0 Å². The zero-order valence-electron chi connectivity index (χ0n) is 15.8. The summed E-state index contributed by atoms with van der Waals surface area (Å²) in [6.07, 6.45) is 4.61. The first-order valence-electron chi connectivity index (χ1n) is 9.97. The Balaban J connectivity index is 1.41. The van der Waals surface area contributed by atoms with Crippen LogP contribution in [0.4, 0.5) is 5.82 Å². The molecule has 7 heteroatoms. The smallest absolute Gasteiger partial charge is 0.250 e. The number of benzene rings is 1. The summed E-state index contributed by atoms with van der Waals surface area (Å²) >= 11 is 0. The first kappa shape index (κ1) is 16.5. The fraction of sp³-hybridized carbons (Fsp3) is 0.273. The van der Waals surface area contributed by atoms with E-state index in [0.717, 1.165) is 54.3 Å². The lowest BCUT2D eigenvalue weighted by molar-refractivity contribution is 0.281. The standard InChI is InChI=1S/C22H20N6O/c29-20-8-4-7-19-16-9-15(12-27(19)20)11-26(13-16)21-18-10-25-28(22(18)24-14-23-21)17-5-2-1-3-6-17/h1-8,10,14-16H,9,11-13H2/t15-,16-/m0/s1. The SMILES string of the molecule is O=c1cccc2n1C[C@H]1C[C@H]2CN(c2ncnc3c2cnn3-c2ccccc2)C1. The number of aromatic nitrogens is 5. The Bertz CT molecular complexity index is 1260. The van der Waals surface area contributed by atoms with E-state index in [1.54, 1.807) is 12.4 Å². The van der Waals surface area contributed by atoms with Crippen LogP contribution in [-0.2, 0) is 6.54 Å². The summed E-state index contributed by atoms with van der Waals surface area (Å²) in [5.74, 6) is 1.71. The van der Waals surface area contributed by atoms with Crippen LogP contribution in [-0.4, -0.2) is 37.4 Å². The Kier molecular flexibility index (Phi) is 3.56. The summed E-state index contributed by atoms with van der Waals surface area (Å²) < 4.78 is 3.82. The van der Waals surface area contributed by atoms with E-state index in [-0.39, 0.29) is 5.56 Å². The Morgan fingerprint density at radius 3 is 2.72 bits per heavy atom. The number of rotatable bonds is 2. The van der Waals surface area contributed by atoms with Crippen molar-refractivity contribution in [3.8, 4) is 5.69 Å². The summed E-state index contributed by atoms with van der Waals surface area (Å²) in [5.41, 5.74) is 3.05. The van der Waals surface area contributed by atoms with E-state index in [1.807, 2.05) is 51.8 Å². The number of hydrogen-bond donors (Lipinski definition) is 0. The van der Waals surface area contributed by atoms with Crippen LogP contribution < -0.4 is 10.5 Å². The lowest BCUT2D eigenvalue weighted by Gasteiger charge is -2.43. The molecule has 1 fully saturated rings. The van der Waals surface area contributed by atoms with Gasteiger partial charge in [-0.05, 0) is 30.5 Å². The number of pyridine rings is 1. The van der Waals surface area contributed by atoms with E-state index in [9.17, 15) is 4.79 Å². The van der Waals surface area contributed by atoms with E-state index in [0.29, 0.717) is 11.8 Å². The van der Waals surface area contributed by atoms with Crippen molar-refractivity contribution in [2.75, 3.05) is 18.0 Å². The average Bonchev–Trinajstić information content (AvgIpc) is 3.19. The third kappa shape index (κ3) is 2.57. The third-order valence-corrected chi connectivity index (χ3v) is 6.12. The zero-order valence-corrected chi connectivity index (χ0v) is 15.8. The molecule has 0 saturated carbocycles. The number of fused-ring (bicyclic) bond motifs is 5. The molecule has 0 amide bonds. The monoisotopic (exact) mass is 384 g/mol. The minimum absolute atomic E-state index is 0.110. The van der Waals surface area contributed by atoms with Crippen molar-refractivity contribution < 1.29 is 0 Å². The molecule has 3 aromatic heterocycles. The molecule has 7 nitrogen and oxygen atoms in total. The van der Waals surface area contributed by atoms with Gasteiger partial charge in [0.15, 0.2) is 5.65 Å². The molecule has 2 atom stereocenters. The Morgan fingerprint density at radius 2 is 1.83 bits per heavy atom. The van der Waals surface area contributed by atoms with Gasteiger partial charge in [0.05, 0.1) is 17.3 Å². The second-order valence-electron chi connectivity index (χ2n) is 7.93. The van der Waals surface area contributed by atoms with Crippen molar-refractivity contribution in [3.05, 3.63) is 77.1 Å². The molecule has 0 N–H and O–H groups in total. The zero-order chi connectivity index (χ0) is 19.4. The van der Waals surface area contributed by atoms with Crippen molar-refractivity contribution in [3.63, 3.8) is 0 Å². The van der Waals surface area contributed by atoms with E-state index in [1.165, 1.54) is 0 Å². The highest BCUT2D eigenvalue weighted by Gasteiger charge is 2.35. The molecule has 144 valence electrons. The van der Waals surface area contributed by atoms with Gasteiger partial charge >= 0.3 is 0 Å². The van der Waals surface area contributed by atoms with Gasteiger partial charge in [-0.2, -0.15) is 5.10 Å². The van der Waals surface area contributed by atoms with Crippen LogP contribution in [0.25, 0.3) is 16.7 Å². The third-order valence-electron chi connectivity index (χ3n) is 6.12. The normalized spacial score (nSPS) is 20.6. The molecule has 0 aliphatic carbocycles. The van der Waals surface area contributed by atoms with Gasteiger partial charge in [-0.1, -0.05) is 24.3 Å². The van der Waals surface area contributed by atoms with Gasteiger partial charge in [0, 0.05) is 37.3 Å². The lowest BCUT2D eigenvalue weighted by atomic mass is 9.83. The second-order valence-corrected chi connectivity index (χ2v) is 7.93. The highest BCUT2D eigenvalue weighted by Crippen LogP contribution is 2.37. The van der Waals surface area contributed by atoms with Crippen molar-refractivity contribution in [2.24, 2.45) is 5.92 Å². The maximum Gasteiger partial charge on any atom is 0.250 e. The predicted octanol–water partition coefficient (Wildman–Crippen LogP) is 2.60. The number of piperidine rings is 1. The molecule has 1 aromatic carbocycles. The predicted molar refractivity (Wildman–Crippen MR) is 110 cm³/mol. The molecule has 0 radical (unpaired) electrons. The number of para-hydroxylation sites is 1. The lowest BCUT2D eigenvalue weighted by Crippen LogP contribution is -2.47. The van der Waals surface area contributed by atoms with Gasteiger partial charge in [0.2, 0.25) is 0 Å². The molecule has 2 aliphatic rings. The highest BCUT2D eigenvalue weighted by atomic mass is 16.1. The Hall–Kier alpha value is -3.48. The molecule has 29 heavy (non-hydrogen) atoms. The highest BCUT2D eigenvalue weighted by molar-refractivity contribution is 5.87. The fourth-order valence-electron chi connectivity index (χ4n) is 4.91. The second kappa shape index (κ2) is 6.27. The fourth-order valence-corrected chi connectivity index (χ4v) is 4.91. The first-order chi connectivity index (χ1) is 14.3. The van der Waals surface area contributed by atoms with Gasteiger partial charge in [0.1, 0.15) is 12.1 Å². The molecule has 4 aromatic rings. The van der Waals surface area contributed by atoms with Crippen molar-refractivity contribution in [2.45, 2.75) is 18.9 Å². The van der Waals surface area contributed by atoms with Crippen LogP contribution in [0.15, 0.2) is 65.8 Å². The van der Waals surface area contributed by atoms with Crippen molar-refractivity contribution >= 4 is 16.9 Å². The van der Waals surface area contributed by atoms with E-state index in [4.69, 9.17) is 0 Å². The summed E-state index contributed by atoms with van der Waals surface area (Å²) in [6, 6.07) is 15.7. The summed E-state index contributed by atoms with van der Waals surface area (Å²) in [6.45, 7) is 2.52. The summed E-state index contributed by atoms with van der Waals surface area (Å²) in [4.78, 5) is 23.8. The summed E-state index contributed by atoms with van der Waals surface area (Å²) in [7, 11) is 0. The maximum absolute atomic E-state index is 12.3. The minimum atomic E-state index is 0.110. The molecule has 2 aliphatic heterocycles. The minimum Gasteiger partial charge on any atom is -0.355 e. The van der Waals surface area contributed by atoms with Crippen LogP contribution in [0.3, 0.4) is 0 Å². The van der Waals surface area contributed by atoms with Gasteiger partial charge < -0.3 is 9.47 Å². The Labute approximate surface area is 167 Å². The quantitative estimate of drug-likeness (QED) is 0.531. The molecule has 1 saturated heterocycles.